The average Bonchev–Trinajstić information content (AvgIpc) is 2.93. The highest BCUT2D eigenvalue weighted by Crippen LogP contribution is 2.34. The molecule has 1 N–H and O–H groups in total. The van der Waals surface area contributed by atoms with Crippen LogP contribution in [0.15, 0.2) is 12.3 Å². The summed E-state index contributed by atoms with van der Waals surface area (Å²) in [5.74, 6) is -3.08. The summed E-state index contributed by atoms with van der Waals surface area (Å²) < 4.78 is 64.5. The Bertz CT molecular complexity index is 691. The number of nitrogens with zero attached hydrogens (tertiary/aromatic N) is 3. The van der Waals surface area contributed by atoms with Crippen LogP contribution in [-0.4, -0.2) is 60.5 Å². The summed E-state index contributed by atoms with van der Waals surface area (Å²) in [7, 11) is 0. The van der Waals surface area contributed by atoms with Crippen LogP contribution in [0.3, 0.4) is 0 Å². The fraction of sp³-hybridized carbons (Fsp3) is 0.600. The molecule has 2 aliphatic heterocycles. The van der Waals surface area contributed by atoms with Gasteiger partial charge < -0.3 is 9.80 Å². The van der Waals surface area contributed by atoms with Crippen LogP contribution in [-0.2, 0) is 11.0 Å². The second-order valence-electron chi connectivity index (χ2n) is 6.33. The Kier molecular flexibility index (Phi) is 5.00. The van der Waals surface area contributed by atoms with Gasteiger partial charge in [0.25, 0.3) is 5.92 Å². The number of nitrogens with one attached hydrogen (secondary N) is 1. The van der Waals surface area contributed by atoms with Gasteiger partial charge in [-0.1, -0.05) is 11.6 Å². The summed E-state index contributed by atoms with van der Waals surface area (Å²) in [6.45, 7) is 0.581. The first-order valence-electron chi connectivity index (χ1n) is 7.94. The van der Waals surface area contributed by atoms with Crippen LogP contribution in [0.25, 0.3) is 0 Å². The van der Waals surface area contributed by atoms with Crippen LogP contribution < -0.4 is 10.2 Å². The van der Waals surface area contributed by atoms with Crippen LogP contribution in [0.4, 0.5) is 27.8 Å². The molecule has 0 aromatic carbocycles. The predicted octanol–water partition coefficient (Wildman–Crippen LogP) is 2.40. The Balaban J connectivity index is 1.61. The van der Waals surface area contributed by atoms with E-state index in [9.17, 15) is 26.7 Å². The average molecular weight is 399 g/mol. The summed E-state index contributed by atoms with van der Waals surface area (Å²) >= 11 is 5.92. The first-order valence-corrected chi connectivity index (χ1v) is 8.32. The molecule has 0 bridgehead atoms. The van der Waals surface area contributed by atoms with E-state index in [1.165, 1.54) is 4.90 Å². The van der Waals surface area contributed by atoms with Crippen LogP contribution in [0.2, 0.25) is 5.02 Å². The van der Waals surface area contributed by atoms with E-state index in [1.54, 1.807) is 4.90 Å². The lowest BCUT2D eigenvalue weighted by atomic mass is 10.1. The van der Waals surface area contributed by atoms with Gasteiger partial charge in [0.05, 0.1) is 23.2 Å². The third-order valence-corrected chi connectivity index (χ3v) is 4.73. The quantitative estimate of drug-likeness (QED) is 0.777. The zero-order valence-electron chi connectivity index (χ0n) is 13.5. The molecule has 2 saturated heterocycles. The van der Waals surface area contributed by atoms with Gasteiger partial charge in [0.1, 0.15) is 5.82 Å². The van der Waals surface area contributed by atoms with Gasteiger partial charge >= 0.3 is 6.18 Å². The zero-order chi connectivity index (χ0) is 19.1. The molecule has 26 heavy (non-hydrogen) atoms. The van der Waals surface area contributed by atoms with E-state index in [-0.39, 0.29) is 23.9 Å². The summed E-state index contributed by atoms with van der Waals surface area (Å²) in [6.07, 6.45) is -4.35. The number of hydrogen-bond donors (Lipinski definition) is 1. The number of carbonyl (C=O) groups excluding carboxylic acids is 1. The van der Waals surface area contributed by atoms with E-state index in [0.717, 1.165) is 6.07 Å². The van der Waals surface area contributed by atoms with E-state index in [0.29, 0.717) is 19.3 Å². The van der Waals surface area contributed by atoms with Crippen LogP contribution in [0.5, 0.6) is 0 Å². The molecule has 0 saturated carbocycles. The molecule has 1 unspecified atom stereocenters. The molecule has 0 spiro atoms. The Labute approximate surface area is 151 Å². The molecule has 1 amide bonds. The molecule has 3 rings (SSSR count). The smallest absolute Gasteiger partial charge is 0.352 e. The number of aromatic nitrogens is 1. The number of piperazine rings is 1. The minimum atomic E-state index is -4.53. The highest BCUT2D eigenvalue weighted by molar-refractivity contribution is 6.33. The van der Waals surface area contributed by atoms with Crippen LogP contribution in [0.1, 0.15) is 12.0 Å². The molecular weight excluding hydrogens is 383 g/mol. The molecule has 144 valence electrons. The van der Waals surface area contributed by atoms with E-state index in [2.05, 4.69) is 10.3 Å². The number of amides is 1. The molecule has 2 fully saturated rings. The number of rotatable bonds is 2. The van der Waals surface area contributed by atoms with Crippen molar-refractivity contribution in [2.24, 2.45) is 0 Å². The van der Waals surface area contributed by atoms with E-state index < -0.39 is 42.6 Å². The lowest BCUT2D eigenvalue weighted by Crippen LogP contribution is -2.53. The molecule has 0 aliphatic carbocycles. The highest BCUT2D eigenvalue weighted by atomic mass is 35.5. The van der Waals surface area contributed by atoms with Crippen molar-refractivity contribution in [3.05, 3.63) is 22.8 Å². The van der Waals surface area contributed by atoms with E-state index in [4.69, 9.17) is 11.6 Å². The molecule has 0 radical (unpaired) electrons. The van der Waals surface area contributed by atoms with Crippen molar-refractivity contribution < 1.29 is 26.7 Å². The maximum Gasteiger partial charge on any atom is 0.417 e. The monoisotopic (exact) mass is 398 g/mol. The number of alkyl halides is 5. The summed E-state index contributed by atoms with van der Waals surface area (Å²) in [4.78, 5) is 19.2. The van der Waals surface area contributed by atoms with Crippen molar-refractivity contribution in [1.82, 2.24) is 15.2 Å². The number of carbonyl (C=O) groups is 1. The second kappa shape index (κ2) is 6.80. The number of halogens is 6. The van der Waals surface area contributed by atoms with Gasteiger partial charge in [-0.2, -0.15) is 13.2 Å². The van der Waals surface area contributed by atoms with Gasteiger partial charge in [-0.15, -0.1) is 0 Å². The van der Waals surface area contributed by atoms with Crippen molar-refractivity contribution in [3.63, 3.8) is 0 Å². The minimum Gasteiger partial charge on any atom is -0.352 e. The SMILES string of the molecule is O=C(C1CC(F)(F)CN1)N1CCN(c2ncc(C(F)(F)F)cc2Cl)CC1. The molecule has 1 atom stereocenters. The first kappa shape index (κ1) is 19.1. The summed E-state index contributed by atoms with van der Waals surface area (Å²) in [5.41, 5.74) is -0.937. The summed E-state index contributed by atoms with van der Waals surface area (Å²) in [6, 6.07) is -0.101. The lowest BCUT2D eigenvalue weighted by Gasteiger charge is -2.36. The van der Waals surface area contributed by atoms with Crippen molar-refractivity contribution in [1.29, 1.82) is 0 Å². The van der Waals surface area contributed by atoms with Crippen molar-refractivity contribution in [3.8, 4) is 0 Å². The van der Waals surface area contributed by atoms with Crippen LogP contribution in [0, 0.1) is 0 Å². The van der Waals surface area contributed by atoms with Gasteiger partial charge in [0.2, 0.25) is 5.91 Å². The molecule has 3 heterocycles. The Hall–Kier alpha value is -1.68. The van der Waals surface area contributed by atoms with Crippen molar-refractivity contribution >= 4 is 23.3 Å². The maximum absolute atomic E-state index is 13.2. The molecule has 1 aromatic heterocycles. The number of hydrogen-bond acceptors (Lipinski definition) is 4. The predicted molar refractivity (Wildman–Crippen MR) is 84.4 cm³/mol. The Morgan fingerprint density at radius 2 is 1.92 bits per heavy atom. The molecule has 1 aromatic rings. The van der Waals surface area contributed by atoms with Crippen LogP contribution >= 0.6 is 11.6 Å². The number of pyridine rings is 1. The Morgan fingerprint density at radius 1 is 1.27 bits per heavy atom. The fourth-order valence-corrected chi connectivity index (χ4v) is 3.35. The molecular formula is C15H16ClF5N4O. The van der Waals surface area contributed by atoms with Crippen molar-refractivity contribution in [2.75, 3.05) is 37.6 Å². The largest absolute Gasteiger partial charge is 0.417 e. The third-order valence-electron chi connectivity index (χ3n) is 4.45. The van der Waals surface area contributed by atoms with E-state index in [1.807, 2.05) is 0 Å². The van der Waals surface area contributed by atoms with Crippen molar-refractivity contribution in [2.45, 2.75) is 24.6 Å². The first-order chi connectivity index (χ1) is 12.1. The fourth-order valence-electron chi connectivity index (χ4n) is 3.07. The topological polar surface area (TPSA) is 48.5 Å². The van der Waals surface area contributed by atoms with Gasteiger partial charge in [-0.25, -0.2) is 13.8 Å². The molecule has 2 aliphatic rings. The maximum atomic E-state index is 13.2. The van der Waals surface area contributed by atoms with Gasteiger partial charge in [-0.05, 0) is 6.07 Å². The molecule has 5 nitrogen and oxygen atoms in total. The minimum absolute atomic E-state index is 0.128. The van der Waals surface area contributed by atoms with Gasteiger partial charge in [-0.3, -0.25) is 10.1 Å². The highest BCUT2D eigenvalue weighted by Gasteiger charge is 2.44. The standard InChI is InChI=1S/C15H16ClF5N4O/c16-10-5-9(15(19,20)21)7-22-12(10)24-1-3-25(4-2-24)13(26)11-6-14(17,18)8-23-11/h5,7,11,23H,1-4,6,8H2. The third kappa shape index (κ3) is 4.01. The second-order valence-corrected chi connectivity index (χ2v) is 6.74. The normalized spacial score (nSPS) is 23.4. The van der Waals surface area contributed by atoms with E-state index >= 15 is 0 Å². The lowest BCUT2D eigenvalue weighted by molar-refractivity contribution is -0.138. The van der Waals surface area contributed by atoms with Gasteiger partial charge in [0.15, 0.2) is 0 Å². The summed E-state index contributed by atoms with van der Waals surface area (Å²) in [5, 5.41) is 2.39. The molecule has 11 heteroatoms. The Morgan fingerprint density at radius 3 is 2.42 bits per heavy atom. The number of anilines is 1. The van der Waals surface area contributed by atoms with Gasteiger partial charge in [0, 0.05) is 38.8 Å². The zero-order valence-corrected chi connectivity index (χ0v) is 14.2.